The topological polar surface area (TPSA) is 45.8 Å². The van der Waals surface area contributed by atoms with Gasteiger partial charge in [0, 0.05) is 16.0 Å². The second-order valence-corrected chi connectivity index (χ2v) is 11.0. The van der Waals surface area contributed by atoms with E-state index < -0.39 is 4.33 Å². The van der Waals surface area contributed by atoms with Crippen LogP contribution in [0.15, 0.2) is 40.3 Å². The maximum atomic E-state index is 12.8. The molecule has 2 aliphatic carbocycles. The molecule has 0 radical (unpaired) electrons. The Morgan fingerprint density at radius 1 is 1.22 bits per heavy atom. The van der Waals surface area contributed by atoms with E-state index in [4.69, 9.17) is 28.2 Å². The number of nitrogens with zero attached hydrogens (tertiary/aromatic N) is 1. The number of aromatic nitrogens is 2. The highest BCUT2D eigenvalue weighted by molar-refractivity contribution is 7.99. The van der Waals surface area contributed by atoms with Crippen molar-refractivity contribution in [3.8, 4) is 0 Å². The number of aromatic amines is 1. The van der Waals surface area contributed by atoms with Crippen LogP contribution >= 0.6 is 46.3 Å². The third-order valence-electron chi connectivity index (χ3n) is 5.41. The van der Waals surface area contributed by atoms with Gasteiger partial charge in [-0.1, -0.05) is 42.1 Å². The van der Waals surface area contributed by atoms with Crippen LogP contribution in [0.25, 0.3) is 10.2 Å². The summed E-state index contributed by atoms with van der Waals surface area (Å²) in [6, 6.07) is 10.2. The summed E-state index contributed by atoms with van der Waals surface area (Å²) in [7, 11) is 0. The molecule has 1 N–H and O–H groups in total. The van der Waals surface area contributed by atoms with Crippen LogP contribution in [0.2, 0.25) is 0 Å². The zero-order valence-electron chi connectivity index (χ0n) is 14.5. The van der Waals surface area contributed by atoms with Crippen LogP contribution in [0, 0.1) is 5.92 Å². The Morgan fingerprint density at radius 2 is 1.96 bits per heavy atom. The smallest absolute Gasteiger partial charge is 0.260 e. The van der Waals surface area contributed by atoms with Gasteiger partial charge in [0.15, 0.2) is 5.16 Å². The molecule has 2 atom stereocenters. The maximum Gasteiger partial charge on any atom is 0.260 e. The van der Waals surface area contributed by atoms with Crippen molar-refractivity contribution in [1.82, 2.24) is 9.97 Å². The Bertz CT molecular complexity index is 1060. The summed E-state index contributed by atoms with van der Waals surface area (Å²) in [6.07, 6.45) is 5.16. The lowest BCUT2D eigenvalue weighted by Gasteiger charge is -2.17. The first-order valence-corrected chi connectivity index (χ1v) is 11.6. The summed E-state index contributed by atoms with van der Waals surface area (Å²) in [5, 5.41) is 1.51. The Kier molecular flexibility index (Phi) is 4.54. The molecular formula is C20H18Cl2N2OS2. The number of benzene rings is 1. The van der Waals surface area contributed by atoms with E-state index in [1.807, 2.05) is 18.2 Å². The van der Waals surface area contributed by atoms with Crippen molar-refractivity contribution in [1.29, 1.82) is 0 Å². The summed E-state index contributed by atoms with van der Waals surface area (Å²) in [6.45, 7) is 0. The molecule has 2 aliphatic rings. The largest absolute Gasteiger partial charge is 0.301 e. The highest BCUT2D eigenvalue weighted by Crippen LogP contribution is 2.63. The molecule has 5 rings (SSSR count). The molecule has 3 aromatic rings. The van der Waals surface area contributed by atoms with E-state index in [0.29, 0.717) is 5.16 Å². The van der Waals surface area contributed by atoms with Crippen LogP contribution < -0.4 is 5.56 Å². The fraction of sp³-hybridized carbons (Fsp3) is 0.400. The van der Waals surface area contributed by atoms with Gasteiger partial charge in [-0.25, -0.2) is 4.98 Å². The molecule has 0 bridgehead atoms. The Labute approximate surface area is 175 Å². The van der Waals surface area contributed by atoms with E-state index in [0.717, 1.165) is 41.5 Å². The molecule has 2 aromatic heterocycles. The zero-order valence-corrected chi connectivity index (χ0v) is 17.6. The van der Waals surface area contributed by atoms with Gasteiger partial charge in [0.05, 0.1) is 5.39 Å². The number of thiophene rings is 1. The highest BCUT2D eigenvalue weighted by atomic mass is 35.5. The number of nitrogens with one attached hydrogen (secondary N) is 1. The first-order chi connectivity index (χ1) is 13.0. The van der Waals surface area contributed by atoms with E-state index in [1.54, 1.807) is 23.1 Å². The number of aryl methyl sites for hydroxylation is 2. The number of fused-ring (bicyclic) bond motifs is 3. The lowest BCUT2D eigenvalue weighted by Crippen LogP contribution is -2.12. The molecular weight excluding hydrogens is 419 g/mol. The van der Waals surface area contributed by atoms with Gasteiger partial charge < -0.3 is 4.98 Å². The minimum atomic E-state index is -0.695. The molecule has 0 aliphatic heterocycles. The number of thioether (sulfide) groups is 1. The number of hydrogen-bond donors (Lipinski definition) is 1. The molecule has 2 unspecified atom stereocenters. The number of hydrogen-bond acceptors (Lipinski definition) is 4. The minimum Gasteiger partial charge on any atom is -0.301 e. The second-order valence-electron chi connectivity index (χ2n) is 7.28. The maximum absolute atomic E-state index is 12.8. The van der Waals surface area contributed by atoms with E-state index in [2.05, 4.69) is 17.1 Å². The van der Waals surface area contributed by atoms with Gasteiger partial charge in [-0.15, -0.1) is 34.5 Å². The zero-order chi connectivity index (χ0) is 18.6. The summed E-state index contributed by atoms with van der Waals surface area (Å²) in [5.74, 6) is 0.144. The molecule has 7 heteroatoms. The average Bonchev–Trinajstić information content (AvgIpc) is 3.11. The van der Waals surface area contributed by atoms with E-state index in [1.165, 1.54) is 16.9 Å². The van der Waals surface area contributed by atoms with Crippen LogP contribution in [0.1, 0.15) is 40.5 Å². The first kappa shape index (κ1) is 18.0. The molecule has 2 heterocycles. The van der Waals surface area contributed by atoms with Crippen molar-refractivity contribution >= 4 is 56.5 Å². The normalized spacial score (nSPS) is 21.8. The van der Waals surface area contributed by atoms with Crippen LogP contribution in [-0.2, 0) is 12.8 Å². The quantitative estimate of drug-likeness (QED) is 0.315. The van der Waals surface area contributed by atoms with Gasteiger partial charge in [-0.3, -0.25) is 4.79 Å². The first-order valence-electron chi connectivity index (χ1n) is 9.17. The van der Waals surface area contributed by atoms with Crippen LogP contribution in [0.5, 0.6) is 0 Å². The second kappa shape index (κ2) is 6.80. The third-order valence-corrected chi connectivity index (χ3v) is 8.74. The monoisotopic (exact) mass is 436 g/mol. The lowest BCUT2D eigenvalue weighted by molar-refractivity contribution is 0.700. The summed E-state index contributed by atoms with van der Waals surface area (Å²) >= 11 is 16.0. The Balaban J connectivity index is 1.53. The Morgan fingerprint density at radius 3 is 2.70 bits per heavy atom. The van der Waals surface area contributed by atoms with E-state index in [-0.39, 0.29) is 16.7 Å². The molecule has 0 amide bonds. The Hall–Kier alpha value is -1.01. The van der Waals surface area contributed by atoms with Gasteiger partial charge in [0.1, 0.15) is 9.16 Å². The molecule has 27 heavy (non-hydrogen) atoms. The van der Waals surface area contributed by atoms with Crippen molar-refractivity contribution in [3.05, 3.63) is 56.7 Å². The number of alkyl halides is 2. The van der Waals surface area contributed by atoms with Crippen molar-refractivity contribution in [2.45, 2.75) is 46.8 Å². The van der Waals surface area contributed by atoms with Crippen LogP contribution in [0.4, 0.5) is 0 Å². The number of rotatable bonds is 4. The van der Waals surface area contributed by atoms with Gasteiger partial charge in [-0.05, 0) is 43.2 Å². The summed E-state index contributed by atoms with van der Waals surface area (Å²) < 4.78 is -0.695. The minimum absolute atomic E-state index is 0.0208. The van der Waals surface area contributed by atoms with Crippen molar-refractivity contribution in [2.75, 3.05) is 0 Å². The van der Waals surface area contributed by atoms with E-state index >= 15 is 0 Å². The van der Waals surface area contributed by atoms with Gasteiger partial charge in [0.25, 0.3) is 5.56 Å². The van der Waals surface area contributed by atoms with Crippen LogP contribution in [-0.4, -0.2) is 14.3 Å². The van der Waals surface area contributed by atoms with Gasteiger partial charge >= 0.3 is 0 Å². The average molecular weight is 437 g/mol. The molecule has 140 valence electrons. The standard InChI is InChI=1S/C20H18Cl2N2OS2/c21-20(22)10-13(20)16(11-6-2-1-3-7-11)27-19-23-17(25)15-12-8-4-5-9-14(12)26-18(15)24-19/h1-3,6-7,13,16H,4-5,8-10H2,(H,23,24,25). The predicted octanol–water partition coefficient (Wildman–Crippen LogP) is 5.89. The molecule has 1 saturated carbocycles. The van der Waals surface area contributed by atoms with Crippen LogP contribution in [0.3, 0.4) is 0 Å². The SMILES string of the molecule is O=c1[nH]c(SC(c2ccccc2)C2CC2(Cl)Cl)nc2sc3c(c12)CCCC3. The number of halogens is 2. The van der Waals surface area contributed by atoms with Crippen molar-refractivity contribution in [2.24, 2.45) is 5.92 Å². The van der Waals surface area contributed by atoms with Crippen molar-refractivity contribution < 1.29 is 0 Å². The lowest BCUT2D eigenvalue weighted by atomic mass is 9.97. The molecule has 1 fully saturated rings. The number of H-pyrrole nitrogens is 1. The summed E-state index contributed by atoms with van der Waals surface area (Å²) in [4.78, 5) is 22.8. The third kappa shape index (κ3) is 3.33. The summed E-state index contributed by atoms with van der Waals surface area (Å²) in [5.41, 5.74) is 2.35. The molecule has 1 aromatic carbocycles. The predicted molar refractivity (Wildman–Crippen MR) is 114 cm³/mol. The van der Waals surface area contributed by atoms with E-state index in [9.17, 15) is 4.79 Å². The molecule has 3 nitrogen and oxygen atoms in total. The van der Waals surface area contributed by atoms with Gasteiger partial charge in [-0.2, -0.15) is 0 Å². The van der Waals surface area contributed by atoms with Gasteiger partial charge in [0.2, 0.25) is 0 Å². The van der Waals surface area contributed by atoms with Crippen molar-refractivity contribution in [3.63, 3.8) is 0 Å². The molecule has 0 spiro atoms. The highest BCUT2D eigenvalue weighted by Gasteiger charge is 2.56. The fourth-order valence-electron chi connectivity index (χ4n) is 3.91. The fourth-order valence-corrected chi connectivity index (χ4v) is 7.28. The molecule has 0 saturated heterocycles.